The van der Waals surface area contributed by atoms with Gasteiger partial charge in [0.1, 0.15) is 30.2 Å². The third-order valence-electron chi connectivity index (χ3n) is 6.27. The molecule has 1 heterocycles. The molecule has 5 N–H and O–H groups in total. The SMILES string of the molecule is CCOc1ccc(Cc2cc([C@@H]3O[C@H](CSc4cccc(C(N)=O)c4)[C@H](O)[C@@H](O)[C@H]3O)ccc2Cl)cc1. The van der Waals surface area contributed by atoms with Crippen LogP contribution in [0, 0.1) is 0 Å². The van der Waals surface area contributed by atoms with Crippen molar-refractivity contribution in [1.82, 2.24) is 0 Å². The largest absolute Gasteiger partial charge is 0.494 e. The number of hydrogen-bond donors (Lipinski definition) is 4. The molecule has 0 saturated carbocycles. The zero-order valence-electron chi connectivity index (χ0n) is 20.3. The number of aliphatic hydroxyl groups excluding tert-OH is 3. The van der Waals surface area contributed by atoms with E-state index in [0.29, 0.717) is 29.2 Å². The van der Waals surface area contributed by atoms with Crippen molar-refractivity contribution < 1.29 is 29.6 Å². The van der Waals surface area contributed by atoms with Gasteiger partial charge in [0.15, 0.2) is 0 Å². The molecule has 0 radical (unpaired) electrons. The summed E-state index contributed by atoms with van der Waals surface area (Å²) >= 11 is 7.84. The zero-order valence-corrected chi connectivity index (χ0v) is 21.9. The second-order valence-electron chi connectivity index (χ2n) is 8.87. The second kappa shape index (κ2) is 12.3. The third-order valence-corrected chi connectivity index (χ3v) is 7.72. The number of amides is 1. The van der Waals surface area contributed by atoms with Gasteiger partial charge in [0.2, 0.25) is 5.91 Å². The summed E-state index contributed by atoms with van der Waals surface area (Å²) < 4.78 is 11.6. The normalized spacial score (nSPS) is 23.5. The van der Waals surface area contributed by atoms with Gasteiger partial charge in [-0.1, -0.05) is 41.9 Å². The monoisotopic (exact) mass is 543 g/mol. The van der Waals surface area contributed by atoms with Crippen LogP contribution in [-0.2, 0) is 11.2 Å². The van der Waals surface area contributed by atoms with Crippen molar-refractivity contribution in [2.45, 2.75) is 48.8 Å². The molecule has 1 fully saturated rings. The van der Waals surface area contributed by atoms with E-state index in [1.54, 1.807) is 30.3 Å². The summed E-state index contributed by atoms with van der Waals surface area (Å²) in [6, 6.07) is 19.9. The Balaban J connectivity index is 1.50. The highest BCUT2D eigenvalue weighted by atomic mass is 35.5. The Hall–Kier alpha value is -2.59. The first-order chi connectivity index (χ1) is 17.8. The standard InChI is InChI=1S/C28H30ClNO6S/c1-2-35-20-9-6-16(7-10-20)12-19-13-17(8-11-22(19)29)27-26(33)25(32)24(31)23(36-27)15-37-21-5-3-4-18(14-21)28(30)34/h3-11,13-14,23-27,31-33H,2,12,15H2,1H3,(H2,30,34)/t23-,24+,25-,26-,27+/m1/s1. The van der Waals surface area contributed by atoms with Gasteiger partial charge in [0.05, 0.1) is 12.7 Å². The van der Waals surface area contributed by atoms with Crippen LogP contribution in [0.1, 0.15) is 40.1 Å². The van der Waals surface area contributed by atoms with Gasteiger partial charge >= 0.3 is 0 Å². The summed E-state index contributed by atoms with van der Waals surface area (Å²) in [6.45, 7) is 2.53. The highest BCUT2D eigenvalue weighted by Gasteiger charge is 2.44. The minimum Gasteiger partial charge on any atom is -0.494 e. The average molecular weight is 544 g/mol. The molecular formula is C28H30ClNO6S. The molecule has 4 rings (SSSR count). The first-order valence-electron chi connectivity index (χ1n) is 12.0. The lowest BCUT2D eigenvalue weighted by molar-refractivity contribution is -0.218. The van der Waals surface area contributed by atoms with Gasteiger partial charge in [-0.25, -0.2) is 0 Å². The van der Waals surface area contributed by atoms with Crippen LogP contribution in [0.4, 0.5) is 0 Å². The highest BCUT2D eigenvalue weighted by molar-refractivity contribution is 7.99. The maximum atomic E-state index is 11.5. The van der Waals surface area contributed by atoms with Crippen LogP contribution < -0.4 is 10.5 Å². The minimum absolute atomic E-state index is 0.288. The van der Waals surface area contributed by atoms with E-state index in [2.05, 4.69) is 0 Å². The molecule has 196 valence electrons. The quantitative estimate of drug-likeness (QED) is 0.303. The van der Waals surface area contributed by atoms with Crippen LogP contribution in [0.5, 0.6) is 5.75 Å². The Bertz CT molecular complexity index is 1220. The fourth-order valence-electron chi connectivity index (χ4n) is 4.28. The smallest absolute Gasteiger partial charge is 0.248 e. The number of hydrogen-bond acceptors (Lipinski definition) is 7. The van der Waals surface area contributed by atoms with Gasteiger partial charge in [-0.15, -0.1) is 11.8 Å². The molecule has 9 heteroatoms. The number of thioether (sulfide) groups is 1. The molecule has 1 aliphatic heterocycles. The number of aliphatic hydroxyl groups is 3. The van der Waals surface area contributed by atoms with E-state index >= 15 is 0 Å². The number of nitrogens with two attached hydrogens (primary N) is 1. The lowest BCUT2D eigenvalue weighted by Crippen LogP contribution is -2.54. The number of primary amides is 1. The molecule has 3 aromatic carbocycles. The number of rotatable bonds is 9. The van der Waals surface area contributed by atoms with E-state index in [1.807, 2.05) is 43.3 Å². The summed E-state index contributed by atoms with van der Waals surface area (Å²) in [6.07, 6.45) is -5.08. The van der Waals surface area contributed by atoms with Crippen LogP contribution in [0.3, 0.4) is 0 Å². The number of ether oxygens (including phenoxy) is 2. The van der Waals surface area contributed by atoms with E-state index in [1.165, 1.54) is 11.8 Å². The topological polar surface area (TPSA) is 122 Å². The molecule has 1 saturated heterocycles. The zero-order chi connectivity index (χ0) is 26.5. The van der Waals surface area contributed by atoms with Crippen molar-refractivity contribution in [3.8, 4) is 5.75 Å². The third kappa shape index (κ3) is 6.65. The molecule has 3 aromatic rings. The summed E-state index contributed by atoms with van der Waals surface area (Å²) in [5.41, 5.74) is 8.27. The minimum atomic E-state index is -1.40. The number of carbonyl (C=O) groups excluding carboxylic acids is 1. The summed E-state index contributed by atoms with van der Waals surface area (Å²) in [7, 11) is 0. The first kappa shape index (κ1) is 27.4. The molecule has 5 atom stereocenters. The van der Waals surface area contributed by atoms with E-state index in [0.717, 1.165) is 21.8 Å². The second-order valence-corrected chi connectivity index (χ2v) is 10.4. The van der Waals surface area contributed by atoms with Crippen molar-refractivity contribution in [2.75, 3.05) is 12.4 Å². The Kier molecular flexibility index (Phi) is 9.13. The van der Waals surface area contributed by atoms with E-state index in [-0.39, 0.29) is 5.75 Å². The Morgan fingerprint density at radius 3 is 2.49 bits per heavy atom. The van der Waals surface area contributed by atoms with Crippen LogP contribution in [0.2, 0.25) is 5.02 Å². The van der Waals surface area contributed by atoms with E-state index in [9.17, 15) is 20.1 Å². The summed E-state index contributed by atoms with van der Waals surface area (Å²) in [5, 5.41) is 32.5. The predicted molar refractivity (Wildman–Crippen MR) is 143 cm³/mol. The van der Waals surface area contributed by atoms with E-state index in [4.69, 9.17) is 26.8 Å². The molecule has 0 bridgehead atoms. The van der Waals surface area contributed by atoms with Crippen LogP contribution in [0.15, 0.2) is 71.6 Å². The number of carbonyl (C=O) groups is 1. The number of halogens is 1. The van der Waals surface area contributed by atoms with Gasteiger partial charge in [-0.2, -0.15) is 0 Å². The van der Waals surface area contributed by atoms with Gasteiger partial charge in [-0.05, 0) is 66.4 Å². The molecule has 0 spiro atoms. The molecular weight excluding hydrogens is 514 g/mol. The van der Waals surface area contributed by atoms with Gasteiger partial charge in [0.25, 0.3) is 0 Å². The van der Waals surface area contributed by atoms with Crippen molar-refractivity contribution in [3.63, 3.8) is 0 Å². The van der Waals surface area contributed by atoms with Crippen molar-refractivity contribution in [2.24, 2.45) is 5.73 Å². The van der Waals surface area contributed by atoms with Crippen LogP contribution in [-0.4, -0.2) is 58.0 Å². The predicted octanol–water partition coefficient (Wildman–Crippen LogP) is 3.74. The van der Waals surface area contributed by atoms with Gasteiger partial charge < -0.3 is 30.5 Å². The molecule has 0 unspecified atom stereocenters. The fourth-order valence-corrected chi connectivity index (χ4v) is 5.48. The Labute approximate surface area is 225 Å². The van der Waals surface area contributed by atoms with Crippen molar-refractivity contribution >= 4 is 29.3 Å². The maximum Gasteiger partial charge on any atom is 0.248 e. The van der Waals surface area contributed by atoms with E-state index < -0.39 is 36.4 Å². The summed E-state index contributed by atoms with van der Waals surface area (Å²) in [5.74, 6) is 0.553. The lowest BCUT2D eigenvalue weighted by atomic mass is 9.90. The van der Waals surface area contributed by atoms with Crippen molar-refractivity contribution in [1.29, 1.82) is 0 Å². The first-order valence-corrected chi connectivity index (χ1v) is 13.4. The highest BCUT2D eigenvalue weighted by Crippen LogP contribution is 2.36. The molecule has 0 aliphatic carbocycles. The summed E-state index contributed by atoms with van der Waals surface area (Å²) in [4.78, 5) is 12.2. The Morgan fingerprint density at radius 1 is 1.03 bits per heavy atom. The molecule has 37 heavy (non-hydrogen) atoms. The molecule has 1 amide bonds. The maximum absolute atomic E-state index is 11.5. The van der Waals surface area contributed by atoms with Crippen LogP contribution >= 0.6 is 23.4 Å². The fraction of sp³-hybridized carbons (Fsp3) is 0.321. The average Bonchev–Trinajstić information content (AvgIpc) is 2.90. The van der Waals surface area contributed by atoms with Crippen molar-refractivity contribution in [3.05, 3.63) is 94.0 Å². The molecule has 7 nitrogen and oxygen atoms in total. The molecule has 0 aromatic heterocycles. The van der Waals surface area contributed by atoms with Gasteiger partial charge in [0, 0.05) is 21.2 Å². The molecule has 1 aliphatic rings. The number of benzene rings is 3. The Morgan fingerprint density at radius 2 is 1.78 bits per heavy atom. The van der Waals surface area contributed by atoms with Gasteiger partial charge in [-0.3, -0.25) is 4.79 Å². The van der Waals surface area contributed by atoms with Crippen LogP contribution in [0.25, 0.3) is 0 Å². The lowest BCUT2D eigenvalue weighted by Gasteiger charge is -2.41.